The van der Waals surface area contributed by atoms with Crippen LogP contribution in [0.15, 0.2) is 48.5 Å². The largest absolute Gasteiger partial charge is 0.508 e. The Labute approximate surface area is 116 Å². The molecule has 0 heterocycles. The number of aromatic hydroxyl groups is 1. The van der Waals surface area contributed by atoms with Crippen molar-refractivity contribution in [3.05, 3.63) is 59.7 Å². The number of anilines is 1. The molecule has 2 aromatic rings. The van der Waals surface area contributed by atoms with E-state index in [0.717, 1.165) is 16.8 Å². The third kappa shape index (κ3) is 4.00. The van der Waals surface area contributed by atoms with Gasteiger partial charge in [0.1, 0.15) is 5.75 Å². The van der Waals surface area contributed by atoms with E-state index in [4.69, 9.17) is 11.6 Å². The molecule has 0 aliphatic rings. The topological polar surface area (TPSA) is 49.3 Å². The lowest BCUT2D eigenvalue weighted by atomic mass is 10.1. The number of nitrogens with one attached hydrogen (secondary N) is 1. The van der Waals surface area contributed by atoms with Gasteiger partial charge in [-0.05, 0) is 35.4 Å². The third-order valence-electron chi connectivity index (χ3n) is 2.67. The van der Waals surface area contributed by atoms with Crippen molar-refractivity contribution >= 4 is 23.2 Å². The molecule has 0 aliphatic carbocycles. The van der Waals surface area contributed by atoms with E-state index in [0.29, 0.717) is 5.88 Å². The maximum absolute atomic E-state index is 11.8. The normalized spacial score (nSPS) is 10.2. The molecule has 0 bridgehead atoms. The van der Waals surface area contributed by atoms with Gasteiger partial charge in [-0.3, -0.25) is 4.79 Å². The predicted octanol–water partition coefficient (Wildman–Crippen LogP) is 3.31. The van der Waals surface area contributed by atoms with E-state index in [1.54, 1.807) is 24.3 Å². The second kappa shape index (κ2) is 6.25. The Morgan fingerprint density at radius 3 is 2.47 bits per heavy atom. The van der Waals surface area contributed by atoms with E-state index in [9.17, 15) is 9.90 Å². The van der Waals surface area contributed by atoms with Gasteiger partial charge in [0.25, 0.3) is 0 Å². The summed E-state index contributed by atoms with van der Waals surface area (Å²) in [6.07, 6.45) is 0.228. The van der Waals surface area contributed by atoms with Gasteiger partial charge in [0, 0.05) is 11.6 Å². The fraction of sp³-hybridized carbons (Fsp3) is 0.133. The van der Waals surface area contributed by atoms with Crippen LogP contribution < -0.4 is 5.32 Å². The molecule has 4 heteroatoms. The van der Waals surface area contributed by atoms with Crippen molar-refractivity contribution in [2.24, 2.45) is 0 Å². The number of alkyl halides is 1. The van der Waals surface area contributed by atoms with Crippen LogP contribution in [0.2, 0.25) is 0 Å². The Morgan fingerprint density at radius 1 is 1.11 bits per heavy atom. The summed E-state index contributed by atoms with van der Waals surface area (Å²) in [6.45, 7) is 0. The zero-order chi connectivity index (χ0) is 13.7. The number of hydrogen-bond acceptors (Lipinski definition) is 2. The second-order valence-electron chi connectivity index (χ2n) is 4.23. The summed E-state index contributed by atoms with van der Waals surface area (Å²) in [4.78, 5) is 11.8. The molecule has 2 N–H and O–H groups in total. The summed E-state index contributed by atoms with van der Waals surface area (Å²) in [7, 11) is 0. The van der Waals surface area contributed by atoms with Gasteiger partial charge in [0.05, 0.1) is 6.42 Å². The van der Waals surface area contributed by atoms with Gasteiger partial charge in [-0.1, -0.05) is 24.3 Å². The second-order valence-corrected chi connectivity index (χ2v) is 4.49. The quantitative estimate of drug-likeness (QED) is 0.841. The lowest BCUT2D eigenvalue weighted by Gasteiger charge is -2.06. The molecule has 19 heavy (non-hydrogen) atoms. The minimum Gasteiger partial charge on any atom is -0.508 e. The standard InChI is InChI=1S/C15H14ClNO2/c16-10-11-4-6-13(7-5-11)17-15(19)9-12-2-1-3-14(18)8-12/h1-8,18H,9-10H2,(H,17,19). The molecule has 0 aliphatic heterocycles. The highest BCUT2D eigenvalue weighted by molar-refractivity contribution is 6.17. The van der Waals surface area contributed by atoms with Crippen molar-refractivity contribution in [3.8, 4) is 5.75 Å². The number of phenolic OH excluding ortho intramolecular Hbond substituents is 1. The SMILES string of the molecule is O=C(Cc1cccc(O)c1)Nc1ccc(CCl)cc1. The Kier molecular flexibility index (Phi) is 4.42. The average molecular weight is 276 g/mol. The summed E-state index contributed by atoms with van der Waals surface area (Å²) in [5.41, 5.74) is 2.52. The number of amides is 1. The molecule has 0 atom stereocenters. The molecule has 0 spiro atoms. The number of halogens is 1. The minimum absolute atomic E-state index is 0.121. The number of carbonyl (C=O) groups excluding carboxylic acids is 1. The maximum Gasteiger partial charge on any atom is 0.228 e. The smallest absolute Gasteiger partial charge is 0.228 e. The summed E-state index contributed by atoms with van der Waals surface area (Å²) in [6, 6.07) is 14.1. The number of phenols is 1. The molecule has 1 amide bonds. The highest BCUT2D eigenvalue weighted by Gasteiger charge is 2.04. The average Bonchev–Trinajstić information content (AvgIpc) is 2.39. The zero-order valence-corrected chi connectivity index (χ0v) is 11.0. The Morgan fingerprint density at radius 2 is 1.84 bits per heavy atom. The molecule has 0 fully saturated rings. The molecular formula is C15H14ClNO2. The van der Waals surface area contributed by atoms with Gasteiger partial charge in [-0.25, -0.2) is 0 Å². The first-order valence-electron chi connectivity index (χ1n) is 5.90. The number of benzene rings is 2. The van der Waals surface area contributed by atoms with Crippen molar-refractivity contribution in [1.82, 2.24) is 0 Å². The van der Waals surface area contributed by atoms with Crippen molar-refractivity contribution in [1.29, 1.82) is 0 Å². The van der Waals surface area contributed by atoms with Gasteiger partial charge < -0.3 is 10.4 Å². The van der Waals surface area contributed by atoms with Crippen LogP contribution in [0.3, 0.4) is 0 Å². The van der Waals surface area contributed by atoms with Crippen LogP contribution in [0.25, 0.3) is 0 Å². The maximum atomic E-state index is 11.8. The van der Waals surface area contributed by atoms with Crippen LogP contribution in [0, 0.1) is 0 Å². The van der Waals surface area contributed by atoms with E-state index < -0.39 is 0 Å². The first-order valence-corrected chi connectivity index (χ1v) is 6.43. The van der Waals surface area contributed by atoms with Gasteiger partial charge in [-0.15, -0.1) is 11.6 Å². The van der Waals surface area contributed by atoms with Crippen molar-refractivity contribution in [2.75, 3.05) is 5.32 Å². The fourth-order valence-electron chi connectivity index (χ4n) is 1.73. The predicted molar refractivity (Wildman–Crippen MR) is 76.4 cm³/mol. The number of hydrogen-bond donors (Lipinski definition) is 2. The van der Waals surface area contributed by atoms with E-state index in [2.05, 4.69) is 5.32 Å². The van der Waals surface area contributed by atoms with Crippen molar-refractivity contribution in [3.63, 3.8) is 0 Å². The Balaban J connectivity index is 1.97. The van der Waals surface area contributed by atoms with Crippen LogP contribution in [0.5, 0.6) is 5.75 Å². The third-order valence-corrected chi connectivity index (χ3v) is 2.98. The summed E-state index contributed by atoms with van der Waals surface area (Å²) < 4.78 is 0. The lowest BCUT2D eigenvalue weighted by molar-refractivity contribution is -0.115. The molecule has 2 rings (SSSR count). The van der Waals surface area contributed by atoms with Crippen molar-refractivity contribution in [2.45, 2.75) is 12.3 Å². The first-order chi connectivity index (χ1) is 9.17. The highest BCUT2D eigenvalue weighted by atomic mass is 35.5. The minimum atomic E-state index is -0.121. The highest BCUT2D eigenvalue weighted by Crippen LogP contribution is 2.14. The summed E-state index contributed by atoms with van der Waals surface area (Å²) in [5, 5.41) is 12.1. The van der Waals surface area contributed by atoms with Crippen LogP contribution in [0.4, 0.5) is 5.69 Å². The van der Waals surface area contributed by atoms with Crippen molar-refractivity contribution < 1.29 is 9.90 Å². The van der Waals surface area contributed by atoms with E-state index in [1.165, 1.54) is 0 Å². The molecule has 98 valence electrons. The Bertz CT molecular complexity index is 567. The first kappa shape index (κ1) is 13.4. The molecule has 0 saturated heterocycles. The number of carbonyl (C=O) groups is 1. The van der Waals surface area contributed by atoms with Crippen LogP contribution in [-0.2, 0) is 17.1 Å². The van der Waals surface area contributed by atoms with Gasteiger partial charge in [0.15, 0.2) is 0 Å². The van der Waals surface area contributed by atoms with Gasteiger partial charge >= 0.3 is 0 Å². The van der Waals surface area contributed by atoms with Gasteiger partial charge in [0.2, 0.25) is 5.91 Å². The van der Waals surface area contributed by atoms with Crippen LogP contribution >= 0.6 is 11.6 Å². The Hall–Kier alpha value is -2.00. The molecule has 2 aromatic carbocycles. The zero-order valence-electron chi connectivity index (χ0n) is 10.3. The molecule has 3 nitrogen and oxygen atoms in total. The van der Waals surface area contributed by atoms with Gasteiger partial charge in [-0.2, -0.15) is 0 Å². The van der Waals surface area contributed by atoms with Crippen LogP contribution in [0.1, 0.15) is 11.1 Å². The summed E-state index contributed by atoms with van der Waals surface area (Å²) >= 11 is 5.70. The summed E-state index contributed by atoms with van der Waals surface area (Å²) in [5.74, 6) is 0.498. The van der Waals surface area contributed by atoms with Crippen LogP contribution in [-0.4, -0.2) is 11.0 Å². The lowest BCUT2D eigenvalue weighted by Crippen LogP contribution is -2.14. The molecule has 0 aromatic heterocycles. The fourth-order valence-corrected chi connectivity index (χ4v) is 1.91. The van der Waals surface area contributed by atoms with E-state index in [1.807, 2.05) is 24.3 Å². The monoisotopic (exact) mass is 275 g/mol. The number of rotatable bonds is 4. The molecule has 0 saturated carbocycles. The molecule has 0 radical (unpaired) electrons. The van der Waals surface area contributed by atoms with E-state index >= 15 is 0 Å². The molecule has 0 unspecified atom stereocenters. The molecular weight excluding hydrogens is 262 g/mol. The van der Waals surface area contributed by atoms with E-state index in [-0.39, 0.29) is 18.1 Å².